The Labute approximate surface area is 127 Å². The topological polar surface area (TPSA) is 20.2 Å². The van der Waals surface area contributed by atoms with E-state index < -0.39 is 6.10 Å². The molecule has 3 heteroatoms. The van der Waals surface area contributed by atoms with Gasteiger partial charge in [0.25, 0.3) is 0 Å². The maximum absolute atomic E-state index is 13.2. The summed E-state index contributed by atoms with van der Waals surface area (Å²) in [5, 5.41) is 10.2. The van der Waals surface area contributed by atoms with Gasteiger partial charge < -0.3 is 5.11 Å². The van der Waals surface area contributed by atoms with Gasteiger partial charge in [0.05, 0.1) is 6.10 Å². The number of rotatable bonds is 4. The van der Waals surface area contributed by atoms with E-state index in [1.807, 2.05) is 13.8 Å². The Bertz CT molecular complexity index is 590. The van der Waals surface area contributed by atoms with Crippen LogP contribution in [0.2, 0.25) is 0 Å². The number of benzene rings is 2. The highest BCUT2D eigenvalue weighted by Crippen LogP contribution is 2.21. The zero-order valence-corrected chi connectivity index (χ0v) is 13.2. The molecule has 2 rings (SSSR count). The molecular weight excluding hydrogens is 319 g/mol. The van der Waals surface area contributed by atoms with Crippen molar-refractivity contribution in [2.45, 2.75) is 32.8 Å². The van der Waals surface area contributed by atoms with E-state index in [1.165, 1.54) is 23.3 Å². The van der Waals surface area contributed by atoms with Crippen LogP contribution in [-0.4, -0.2) is 11.2 Å². The summed E-state index contributed by atoms with van der Waals surface area (Å²) in [5.41, 5.74) is 4.29. The van der Waals surface area contributed by atoms with Crippen LogP contribution in [-0.2, 0) is 12.8 Å². The first-order chi connectivity index (χ1) is 9.44. The van der Waals surface area contributed by atoms with Gasteiger partial charge in [-0.15, -0.1) is 0 Å². The van der Waals surface area contributed by atoms with Gasteiger partial charge in [-0.2, -0.15) is 0 Å². The molecule has 1 unspecified atom stereocenters. The van der Waals surface area contributed by atoms with Gasteiger partial charge in [-0.1, -0.05) is 45.3 Å². The molecule has 20 heavy (non-hydrogen) atoms. The fraction of sp³-hybridized carbons (Fsp3) is 0.294. The minimum atomic E-state index is -0.519. The monoisotopic (exact) mass is 336 g/mol. The quantitative estimate of drug-likeness (QED) is 0.879. The van der Waals surface area contributed by atoms with Gasteiger partial charge in [-0.05, 0) is 56.0 Å². The summed E-state index contributed by atoms with van der Waals surface area (Å²) in [6.07, 6.45) is 0.492. The molecule has 0 heterocycles. The van der Waals surface area contributed by atoms with Crippen molar-refractivity contribution in [3.05, 3.63) is 68.9 Å². The first-order valence-corrected chi connectivity index (χ1v) is 7.42. The lowest BCUT2D eigenvalue weighted by Gasteiger charge is -2.13. The molecule has 2 aromatic rings. The average Bonchev–Trinajstić information content (AvgIpc) is 2.32. The second-order valence-electron chi connectivity index (χ2n) is 5.29. The largest absolute Gasteiger partial charge is 0.392 e. The average molecular weight is 337 g/mol. The van der Waals surface area contributed by atoms with Crippen LogP contribution >= 0.6 is 15.9 Å². The van der Waals surface area contributed by atoms with Crippen molar-refractivity contribution in [2.75, 3.05) is 0 Å². The molecule has 0 aliphatic rings. The molecule has 0 saturated heterocycles. The molecule has 1 nitrogen and oxygen atoms in total. The van der Waals surface area contributed by atoms with Crippen LogP contribution in [0, 0.1) is 19.7 Å². The van der Waals surface area contributed by atoms with Gasteiger partial charge in [-0.25, -0.2) is 4.39 Å². The fourth-order valence-electron chi connectivity index (χ4n) is 2.48. The molecular formula is C17H18BrFO. The molecule has 0 bridgehead atoms. The minimum absolute atomic E-state index is 0.276. The lowest BCUT2D eigenvalue weighted by atomic mass is 9.98. The standard InChI is InChI=1S/C17H18BrFO/c1-11-5-12(2)7-13(6-11)8-16(20)10-14-9-15(19)3-4-17(14)18/h3-7,9,16,20H,8,10H2,1-2H3. The van der Waals surface area contributed by atoms with Gasteiger partial charge in [-0.3, -0.25) is 0 Å². The Morgan fingerprint density at radius 3 is 2.35 bits per heavy atom. The van der Waals surface area contributed by atoms with Crippen LogP contribution in [0.25, 0.3) is 0 Å². The number of hydrogen-bond acceptors (Lipinski definition) is 1. The third kappa shape index (κ3) is 4.15. The summed E-state index contributed by atoms with van der Waals surface area (Å²) >= 11 is 3.39. The van der Waals surface area contributed by atoms with Crippen molar-refractivity contribution in [3.8, 4) is 0 Å². The van der Waals surface area contributed by atoms with E-state index in [1.54, 1.807) is 6.07 Å². The van der Waals surface area contributed by atoms with E-state index in [0.29, 0.717) is 12.8 Å². The first-order valence-electron chi connectivity index (χ1n) is 6.63. The predicted octanol–water partition coefficient (Wildman–Crippen LogP) is 4.35. The third-order valence-corrected chi connectivity index (χ3v) is 3.99. The Kier molecular flexibility index (Phi) is 4.95. The molecule has 0 aromatic heterocycles. The van der Waals surface area contributed by atoms with Crippen LogP contribution in [0.4, 0.5) is 4.39 Å². The van der Waals surface area contributed by atoms with Crippen molar-refractivity contribution >= 4 is 15.9 Å². The number of halogens is 2. The second-order valence-corrected chi connectivity index (χ2v) is 6.15. The summed E-state index contributed by atoms with van der Waals surface area (Å²) in [7, 11) is 0. The molecule has 2 aromatic carbocycles. The Hall–Kier alpha value is -1.19. The maximum Gasteiger partial charge on any atom is 0.123 e. The summed E-state index contributed by atoms with van der Waals surface area (Å²) in [6.45, 7) is 4.10. The van der Waals surface area contributed by atoms with E-state index in [4.69, 9.17) is 0 Å². The lowest BCUT2D eigenvalue weighted by molar-refractivity contribution is 0.175. The Balaban J connectivity index is 2.08. The minimum Gasteiger partial charge on any atom is -0.392 e. The van der Waals surface area contributed by atoms with Crippen LogP contribution in [0.3, 0.4) is 0 Å². The molecule has 1 atom stereocenters. The van der Waals surface area contributed by atoms with Crippen molar-refractivity contribution in [3.63, 3.8) is 0 Å². The second kappa shape index (κ2) is 6.51. The molecule has 0 aliphatic carbocycles. The molecule has 106 valence electrons. The van der Waals surface area contributed by atoms with Crippen molar-refractivity contribution in [2.24, 2.45) is 0 Å². The molecule has 0 spiro atoms. The zero-order valence-electron chi connectivity index (χ0n) is 11.7. The Morgan fingerprint density at radius 1 is 1.05 bits per heavy atom. The van der Waals surface area contributed by atoms with E-state index in [0.717, 1.165) is 15.6 Å². The third-order valence-electron chi connectivity index (χ3n) is 3.22. The van der Waals surface area contributed by atoms with Crippen LogP contribution in [0.5, 0.6) is 0 Å². The van der Waals surface area contributed by atoms with Gasteiger partial charge in [0.2, 0.25) is 0 Å². The van der Waals surface area contributed by atoms with Gasteiger partial charge >= 0.3 is 0 Å². The zero-order chi connectivity index (χ0) is 14.7. The van der Waals surface area contributed by atoms with Gasteiger partial charge in [0.1, 0.15) is 5.82 Å². The smallest absolute Gasteiger partial charge is 0.123 e. The van der Waals surface area contributed by atoms with E-state index in [9.17, 15) is 9.50 Å². The molecule has 0 amide bonds. The van der Waals surface area contributed by atoms with Crippen LogP contribution in [0.15, 0.2) is 40.9 Å². The molecule has 0 aliphatic heterocycles. The SMILES string of the molecule is Cc1cc(C)cc(CC(O)Cc2cc(F)ccc2Br)c1. The molecule has 0 radical (unpaired) electrons. The first kappa shape index (κ1) is 15.2. The van der Waals surface area contributed by atoms with E-state index >= 15 is 0 Å². The number of aliphatic hydroxyl groups is 1. The van der Waals surface area contributed by atoms with Gasteiger partial charge in [0, 0.05) is 4.47 Å². The normalized spacial score (nSPS) is 12.4. The van der Waals surface area contributed by atoms with Crippen LogP contribution in [0.1, 0.15) is 22.3 Å². The number of hydrogen-bond donors (Lipinski definition) is 1. The van der Waals surface area contributed by atoms with Crippen molar-refractivity contribution < 1.29 is 9.50 Å². The van der Waals surface area contributed by atoms with Gasteiger partial charge in [0.15, 0.2) is 0 Å². The van der Waals surface area contributed by atoms with Crippen LogP contribution < -0.4 is 0 Å². The molecule has 1 N–H and O–H groups in total. The fourth-order valence-corrected chi connectivity index (χ4v) is 2.89. The molecule has 0 saturated carbocycles. The highest BCUT2D eigenvalue weighted by molar-refractivity contribution is 9.10. The van der Waals surface area contributed by atoms with Crippen molar-refractivity contribution in [1.29, 1.82) is 0 Å². The number of aryl methyl sites for hydroxylation is 2. The lowest BCUT2D eigenvalue weighted by Crippen LogP contribution is -2.14. The maximum atomic E-state index is 13.2. The summed E-state index contributed by atoms with van der Waals surface area (Å²) in [6, 6.07) is 10.8. The highest BCUT2D eigenvalue weighted by atomic mass is 79.9. The predicted molar refractivity (Wildman–Crippen MR) is 83.4 cm³/mol. The summed E-state index contributed by atoms with van der Waals surface area (Å²) in [4.78, 5) is 0. The van der Waals surface area contributed by atoms with Crippen molar-refractivity contribution in [1.82, 2.24) is 0 Å². The summed E-state index contributed by atoms with van der Waals surface area (Å²) < 4.78 is 14.1. The highest BCUT2D eigenvalue weighted by Gasteiger charge is 2.11. The van der Waals surface area contributed by atoms with E-state index in [2.05, 4.69) is 34.1 Å². The summed E-state index contributed by atoms with van der Waals surface area (Å²) in [5.74, 6) is -0.276. The van der Waals surface area contributed by atoms with E-state index in [-0.39, 0.29) is 5.82 Å². The number of aliphatic hydroxyl groups excluding tert-OH is 1. The molecule has 0 fully saturated rings. The Morgan fingerprint density at radius 2 is 1.70 bits per heavy atom.